The number of nitrogens with one attached hydrogen (secondary N) is 2. The third-order valence-electron chi connectivity index (χ3n) is 5.05. The number of likely N-dealkylation sites (tertiary alicyclic amines) is 1. The lowest BCUT2D eigenvalue weighted by Crippen LogP contribution is -2.53. The molecule has 5 nitrogen and oxygen atoms in total. The van der Waals surface area contributed by atoms with E-state index in [0.29, 0.717) is 6.42 Å². The average molecular weight is 355 g/mol. The summed E-state index contributed by atoms with van der Waals surface area (Å²) in [6.45, 7) is 7.19. The van der Waals surface area contributed by atoms with Crippen LogP contribution in [0.3, 0.4) is 0 Å². The molecule has 140 valence electrons. The molecule has 2 aromatic rings. The van der Waals surface area contributed by atoms with Crippen molar-refractivity contribution in [3.05, 3.63) is 36.0 Å². The zero-order valence-corrected chi connectivity index (χ0v) is 16.0. The number of H-pyrrole nitrogens is 1. The van der Waals surface area contributed by atoms with Gasteiger partial charge < -0.3 is 15.2 Å². The van der Waals surface area contributed by atoms with Crippen molar-refractivity contribution in [1.29, 1.82) is 0 Å². The van der Waals surface area contributed by atoms with Crippen molar-refractivity contribution in [2.75, 3.05) is 13.1 Å². The first-order valence-corrected chi connectivity index (χ1v) is 9.51. The van der Waals surface area contributed by atoms with Crippen LogP contribution in [-0.4, -0.2) is 40.8 Å². The van der Waals surface area contributed by atoms with Gasteiger partial charge in [-0.2, -0.15) is 0 Å². The molecule has 2 heterocycles. The van der Waals surface area contributed by atoms with Crippen molar-refractivity contribution >= 4 is 22.7 Å². The summed E-state index contributed by atoms with van der Waals surface area (Å²) in [4.78, 5) is 30.9. The Balaban J connectivity index is 1.84. The molecule has 0 saturated carbocycles. The van der Waals surface area contributed by atoms with Crippen LogP contribution in [0.15, 0.2) is 30.5 Å². The van der Waals surface area contributed by atoms with Gasteiger partial charge in [0.25, 0.3) is 0 Å². The highest BCUT2D eigenvalue weighted by atomic mass is 16.2. The Hall–Kier alpha value is -2.30. The molecule has 0 bridgehead atoms. The van der Waals surface area contributed by atoms with E-state index in [2.05, 4.69) is 16.4 Å². The van der Waals surface area contributed by atoms with Gasteiger partial charge in [-0.25, -0.2) is 0 Å². The number of piperidine rings is 1. The van der Waals surface area contributed by atoms with Crippen molar-refractivity contribution in [3.8, 4) is 0 Å². The molecule has 0 radical (unpaired) electrons. The Morgan fingerprint density at radius 3 is 2.54 bits per heavy atom. The normalized spacial score (nSPS) is 16.5. The Kier molecular flexibility index (Phi) is 5.35. The Morgan fingerprint density at radius 2 is 1.85 bits per heavy atom. The molecule has 1 aromatic heterocycles. The summed E-state index contributed by atoms with van der Waals surface area (Å²) in [5, 5.41) is 4.12. The molecule has 1 aromatic carbocycles. The van der Waals surface area contributed by atoms with Gasteiger partial charge in [0.15, 0.2) is 0 Å². The van der Waals surface area contributed by atoms with Crippen LogP contribution in [0.25, 0.3) is 10.9 Å². The molecule has 1 aliphatic heterocycles. The molecular weight excluding hydrogens is 326 g/mol. The fraction of sp³-hybridized carbons (Fsp3) is 0.524. The minimum Gasteiger partial charge on any atom is -0.361 e. The van der Waals surface area contributed by atoms with E-state index in [-0.39, 0.29) is 11.8 Å². The molecule has 1 atom stereocenters. The molecule has 0 aliphatic carbocycles. The van der Waals surface area contributed by atoms with Crippen LogP contribution in [0.4, 0.5) is 0 Å². The topological polar surface area (TPSA) is 65.2 Å². The Labute approximate surface area is 155 Å². The summed E-state index contributed by atoms with van der Waals surface area (Å²) in [5.41, 5.74) is 1.58. The summed E-state index contributed by atoms with van der Waals surface area (Å²) in [6.07, 6.45) is 5.70. The summed E-state index contributed by atoms with van der Waals surface area (Å²) in [5.74, 6) is -0.0553. The number of hydrogen-bond acceptors (Lipinski definition) is 2. The van der Waals surface area contributed by atoms with Crippen LogP contribution in [0, 0.1) is 5.41 Å². The van der Waals surface area contributed by atoms with Gasteiger partial charge in [-0.15, -0.1) is 0 Å². The molecule has 0 unspecified atom stereocenters. The maximum Gasteiger partial charge on any atom is 0.245 e. The number of fused-ring (bicyclic) bond motifs is 1. The Bertz CT molecular complexity index is 782. The van der Waals surface area contributed by atoms with E-state index in [1.807, 2.05) is 50.1 Å². The number of hydrogen-bond donors (Lipinski definition) is 2. The predicted octanol–water partition coefficient (Wildman–Crippen LogP) is 3.25. The zero-order chi connectivity index (χ0) is 18.7. The minimum absolute atomic E-state index is 0.0348. The zero-order valence-electron chi connectivity index (χ0n) is 16.0. The van der Waals surface area contributed by atoms with Crippen LogP contribution in [0.5, 0.6) is 0 Å². The predicted molar refractivity (Wildman–Crippen MR) is 104 cm³/mol. The number of carbonyl (C=O) groups excluding carboxylic acids is 2. The molecule has 0 spiro atoms. The van der Waals surface area contributed by atoms with E-state index in [1.54, 1.807) is 0 Å². The van der Waals surface area contributed by atoms with E-state index < -0.39 is 11.5 Å². The van der Waals surface area contributed by atoms with Gasteiger partial charge in [-0.05, 0) is 30.9 Å². The minimum atomic E-state index is -0.529. The Morgan fingerprint density at radius 1 is 1.15 bits per heavy atom. The number of para-hydroxylation sites is 1. The number of nitrogens with zero attached hydrogens (tertiary/aromatic N) is 1. The van der Waals surface area contributed by atoms with Gasteiger partial charge in [-0.3, -0.25) is 9.59 Å². The monoisotopic (exact) mass is 355 g/mol. The summed E-state index contributed by atoms with van der Waals surface area (Å²) in [6, 6.07) is 7.53. The number of rotatable bonds is 4. The van der Waals surface area contributed by atoms with Gasteiger partial charge >= 0.3 is 0 Å². The van der Waals surface area contributed by atoms with Crippen molar-refractivity contribution < 1.29 is 9.59 Å². The van der Waals surface area contributed by atoms with E-state index in [1.165, 1.54) is 6.42 Å². The molecule has 3 rings (SSSR count). The van der Waals surface area contributed by atoms with Gasteiger partial charge in [0.2, 0.25) is 11.8 Å². The SMILES string of the molecule is CC(C)(C)C(=O)N[C@@H](Cc1c[nH]c2ccccc12)C(=O)N1CCCCC1. The van der Waals surface area contributed by atoms with Crippen LogP contribution >= 0.6 is 0 Å². The fourth-order valence-electron chi connectivity index (χ4n) is 3.43. The van der Waals surface area contributed by atoms with Gasteiger partial charge in [0.05, 0.1) is 0 Å². The highest BCUT2D eigenvalue weighted by molar-refractivity contribution is 5.91. The van der Waals surface area contributed by atoms with Crippen LogP contribution in [0.1, 0.15) is 45.6 Å². The highest BCUT2D eigenvalue weighted by Crippen LogP contribution is 2.21. The van der Waals surface area contributed by atoms with Gasteiger partial charge in [0.1, 0.15) is 6.04 Å². The van der Waals surface area contributed by atoms with E-state index in [9.17, 15) is 9.59 Å². The number of benzene rings is 1. The lowest BCUT2D eigenvalue weighted by molar-refractivity contribution is -0.139. The molecule has 1 aliphatic rings. The van der Waals surface area contributed by atoms with Crippen LogP contribution < -0.4 is 5.32 Å². The molecular formula is C21H29N3O2. The van der Waals surface area contributed by atoms with Gasteiger partial charge in [0, 0.05) is 42.0 Å². The molecule has 5 heteroatoms. The second-order valence-corrected chi connectivity index (χ2v) is 8.23. The van der Waals surface area contributed by atoms with Crippen molar-refractivity contribution in [2.45, 2.75) is 52.5 Å². The first kappa shape index (κ1) is 18.5. The average Bonchev–Trinajstić information content (AvgIpc) is 3.03. The second kappa shape index (κ2) is 7.52. The molecule has 1 fully saturated rings. The van der Waals surface area contributed by atoms with E-state index in [0.717, 1.165) is 42.4 Å². The molecule has 2 N–H and O–H groups in total. The third kappa shape index (κ3) is 4.09. The molecule has 2 amide bonds. The maximum absolute atomic E-state index is 13.1. The van der Waals surface area contributed by atoms with Gasteiger partial charge in [-0.1, -0.05) is 39.0 Å². The van der Waals surface area contributed by atoms with Crippen molar-refractivity contribution in [2.24, 2.45) is 5.41 Å². The van der Waals surface area contributed by atoms with E-state index in [4.69, 9.17) is 0 Å². The first-order chi connectivity index (χ1) is 12.4. The largest absolute Gasteiger partial charge is 0.361 e. The fourth-order valence-corrected chi connectivity index (χ4v) is 3.43. The summed E-state index contributed by atoms with van der Waals surface area (Å²) in [7, 11) is 0. The van der Waals surface area contributed by atoms with Crippen LogP contribution in [-0.2, 0) is 16.0 Å². The molecule has 26 heavy (non-hydrogen) atoms. The third-order valence-corrected chi connectivity index (χ3v) is 5.05. The lowest BCUT2D eigenvalue weighted by Gasteiger charge is -2.32. The smallest absolute Gasteiger partial charge is 0.245 e. The summed E-state index contributed by atoms with van der Waals surface area (Å²) < 4.78 is 0. The number of amides is 2. The first-order valence-electron chi connectivity index (χ1n) is 9.51. The van der Waals surface area contributed by atoms with Crippen molar-refractivity contribution in [1.82, 2.24) is 15.2 Å². The highest BCUT2D eigenvalue weighted by Gasteiger charge is 2.31. The standard InChI is InChI=1S/C21H29N3O2/c1-21(2,3)20(26)23-18(19(25)24-11-7-4-8-12-24)13-15-14-22-17-10-6-5-9-16(15)17/h5-6,9-10,14,18,22H,4,7-8,11-13H2,1-3H3,(H,23,26)/t18-/m0/s1. The number of aromatic amines is 1. The summed E-state index contributed by atoms with van der Waals surface area (Å²) >= 11 is 0. The quantitative estimate of drug-likeness (QED) is 0.884. The van der Waals surface area contributed by atoms with Crippen LogP contribution in [0.2, 0.25) is 0 Å². The lowest BCUT2D eigenvalue weighted by atomic mass is 9.94. The van der Waals surface area contributed by atoms with E-state index >= 15 is 0 Å². The number of aromatic nitrogens is 1. The maximum atomic E-state index is 13.1. The number of carbonyl (C=O) groups is 2. The van der Waals surface area contributed by atoms with Crippen molar-refractivity contribution in [3.63, 3.8) is 0 Å². The molecule has 1 saturated heterocycles. The second-order valence-electron chi connectivity index (χ2n) is 8.23.